The standard InChI is InChI=1S/C23H23ClN2O4/c24-16-9-11-17(12-10-16)25(23(29)20-8-5-15-30-20)13-3-4-14-26-21(27)18-6-1-2-7-19(18)22(26)28/h1-2,6-7,9-12,20H,3-5,8,13-15H2. The Balaban J connectivity index is 1.38. The van der Waals surface area contributed by atoms with Crippen molar-refractivity contribution in [2.75, 3.05) is 24.6 Å². The molecule has 0 N–H and O–H groups in total. The number of benzene rings is 2. The molecule has 2 aromatic carbocycles. The van der Waals surface area contributed by atoms with E-state index in [4.69, 9.17) is 16.3 Å². The quantitative estimate of drug-likeness (QED) is 0.497. The maximum absolute atomic E-state index is 13.0. The van der Waals surface area contributed by atoms with Crippen molar-refractivity contribution in [2.45, 2.75) is 31.8 Å². The first-order valence-corrected chi connectivity index (χ1v) is 10.6. The van der Waals surface area contributed by atoms with Crippen LogP contribution in [0.15, 0.2) is 48.5 Å². The second-order valence-electron chi connectivity index (χ2n) is 7.48. The fraction of sp³-hybridized carbons (Fsp3) is 0.348. The summed E-state index contributed by atoms with van der Waals surface area (Å²) in [4.78, 5) is 41.0. The third-order valence-corrected chi connectivity index (χ3v) is 5.75. The number of fused-ring (bicyclic) bond motifs is 1. The molecule has 0 radical (unpaired) electrons. The van der Waals surface area contributed by atoms with E-state index in [0.717, 1.165) is 18.5 Å². The van der Waals surface area contributed by atoms with Crippen LogP contribution in [0.3, 0.4) is 0 Å². The largest absolute Gasteiger partial charge is 0.368 e. The van der Waals surface area contributed by atoms with Crippen LogP contribution in [0.1, 0.15) is 46.4 Å². The Morgan fingerprint density at radius 3 is 2.30 bits per heavy atom. The maximum Gasteiger partial charge on any atom is 0.261 e. The van der Waals surface area contributed by atoms with Gasteiger partial charge in [-0.25, -0.2) is 0 Å². The molecule has 2 aliphatic rings. The van der Waals surface area contributed by atoms with E-state index in [0.29, 0.717) is 48.7 Å². The van der Waals surface area contributed by atoms with Crippen molar-refractivity contribution >= 4 is 35.0 Å². The summed E-state index contributed by atoms with van der Waals surface area (Å²) in [5.74, 6) is -0.559. The zero-order valence-corrected chi connectivity index (χ0v) is 17.3. The lowest BCUT2D eigenvalue weighted by molar-refractivity contribution is -0.127. The molecule has 3 amide bonds. The Bertz CT molecular complexity index is 919. The number of nitrogens with zero attached hydrogens (tertiary/aromatic N) is 2. The van der Waals surface area contributed by atoms with Gasteiger partial charge in [-0.3, -0.25) is 19.3 Å². The molecule has 2 aromatic rings. The number of amides is 3. The summed E-state index contributed by atoms with van der Waals surface area (Å²) in [5, 5.41) is 0.605. The maximum atomic E-state index is 13.0. The van der Waals surface area contributed by atoms with Gasteiger partial charge < -0.3 is 9.64 Å². The van der Waals surface area contributed by atoms with Crippen LogP contribution >= 0.6 is 11.6 Å². The van der Waals surface area contributed by atoms with Gasteiger partial charge in [0.1, 0.15) is 6.10 Å². The Morgan fingerprint density at radius 2 is 1.70 bits per heavy atom. The summed E-state index contributed by atoms with van der Waals surface area (Å²) < 4.78 is 5.58. The van der Waals surface area contributed by atoms with Crippen LogP contribution in [0.5, 0.6) is 0 Å². The van der Waals surface area contributed by atoms with E-state index in [1.54, 1.807) is 41.3 Å². The van der Waals surface area contributed by atoms with Gasteiger partial charge in [0.05, 0.1) is 11.1 Å². The summed E-state index contributed by atoms with van der Waals surface area (Å²) in [6.45, 7) is 1.41. The predicted molar refractivity (Wildman–Crippen MR) is 114 cm³/mol. The first-order valence-electron chi connectivity index (χ1n) is 10.2. The lowest BCUT2D eigenvalue weighted by Gasteiger charge is -2.26. The lowest BCUT2D eigenvalue weighted by atomic mass is 10.1. The highest BCUT2D eigenvalue weighted by atomic mass is 35.5. The topological polar surface area (TPSA) is 66.9 Å². The highest BCUT2D eigenvalue weighted by Crippen LogP contribution is 2.25. The number of ether oxygens (including phenoxy) is 1. The van der Waals surface area contributed by atoms with Gasteiger partial charge in [-0.15, -0.1) is 0 Å². The summed E-state index contributed by atoms with van der Waals surface area (Å²) >= 11 is 5.99. The van der Waals surface area contributed by atoms with E-state index in [1.165, 1.54) is 4.90 Å². The monoisotopic (exact) mass is 426 g/mol. The van der Waals surface area contributed by atoms with E-state index in [1.807, 2.05) is 12.1 Å². The molecule has 1 atom stereocenters. The summed E-state index contributed by atoms with van der Waals surface area (Å²) in [7, 11) is 0. The fourth-order valence-corrected chi connectivity index (χ4v) is 4.04. The van der Waals surface area contributed by atoms with Crippen LogP contribution in [0, 0.1) is 0 Å². The van der Waals surface area contributed by atoms with Gasteiger partial charge in [0.2, 0.25) is 0 Å². The van der Waals surface area contributed by atoms with E-state index >= 15 is 0 Å². The molecule has 30 heavy (non-hydrogen) atoms. The van der Waals surface area contributed by atoms with E-state index < -0.39 is 6.10 Å². The van der Waals surface area contributed by atoms with Gasteiger partial charge in [0, 0.05) is 30.4 Å². The Hall–Kier alpha value is -2.70. The third-order valence-electron chi connectivity index (χ3n) is 5.50. The average molecular weight is 427 g/mol. The minimum absolute atomic E-state index is 0.0597. The van der Waals surface area contributed by atoms with Gasteiger partial charge in [-0.1, -0.05) is 23.7 Å². The van der Waals surface area contributed by atoms with Gasteiger partial charge in [0.15, 0.2) is 0 Å². The average Bonchev–Trinajstić information content (AvgIpc) is 3.38. The van der Waals surface area contributed by atoms with Crippen molar-refractivity contribution in [1.29, 1.82) is 0 Å². The Labute approximate surface area is 180 Å². The van der Waals surface area contributed by atoms with Crippen molar-refractivity contribution < 1.29 is 19.1 Å². The minimum atomic E-state index is -0.420. The molecule has 2 heterocycles. The van der Waals surface area contributed by atoms with Gasteiger partial charge in [0.25, 0.3) is 17.7 Å². The fourth-order valence-electron chi connectivity index (χ4n) is 3.92. The van der Waals surface area contributed by atoms with Crippen LogP contribution in [0.25, 0.3) is 0 Å². The summed E-state index contributed by atoms with van der Waals surface area (Å²) in [6.07, 6.45) is 2.43. The number of hydrogen-bond acceptors (Lipinski definition) is 4. The zero-order chi connectivity index (χ0) is 21.1. The van der Waals surface area contributed by atoms with Crippen LogP contribution in [-0.2, 0) is 9.53 Å². The predicted octanol–water partition coefficient (Wildman–Crippen LogP) is 3.93. The smallest absolute Gasteiger partial charge is 0.261 e. The molecule has 4 rings (SSSR count). The van der Waals surface area contributed by atoms with E-state index in [-0.39, 0.29) is 17.7 Å². The molecule has 2 aliphatic heterocycles. The molecule has 0 spiro atoms. The molecule has 0 aliphatic carbocycles. The lowest BCUT2D eigenvalue weighted by Crippen LogP contribution is -2.40. The van der Waals surface area contributed by atoms with Crippen LogP contribution < -0.4 is 4.90 Å². The zero-order valence-electron chi connectivity index (χ0n) is 16.6. The number of rotatable bonds is 7. The number of anilines is 1. The molecule has 0 bridgehead atoms. The Kier molecular flexibility index (Phi) is 6.16. The van der Waals surface area contributed by atoms with E-state index in [9.17, 15) is 14.4 Å². The van der Waals surface area contributed by atoms with Crippen molar-refractivity contribution in [3.05, 3.63) is 64.7 Å². The van der Waals surface area contributed by atoms with E-state index in [2.05, 4.69) is 0 Å². The number of unbranched alkanes of at least 4 members (excludes halogenated alkanes) is 1. The minimum Gasteiger partial charge on any atom is -0.368 e. The molecule has 0 aromatic heterocycles. The molecule has 0 saturated carbocycles. The first kappa shape index (κ1) is 20.6. The van der Waals surface area contributed by atoms with Crippen molar-refractivity contribution in [1.82, 2.24) is 4.90 Å². The highest BCUT2D eigenvalue weighted by molar-refractivity contribution is 6.30. The molecule has 6 nitrogen and oxygen atoms in total. The van der Waals surface area contributed by atoms with Gasteiger partial charge in [-0.05, 0) is 62.1 Å². The van der Waals surface area contributed by atoms with Crippen LogP contribution in [-0.4, -0.2) is 48.4 Å². The summed E-state index contributed by atoms with van der Waals surface area (Å²) in [6, 6.07) is 14.0. The van der Waals surface area contributed by atoms with Crippen molar-refractivity contribution in [3.63, 3.8) is 0 Å². The molecule has 1 fully saturated rings. The highest BCUT2D eigenvalue weighted by Gasteiger charge is 2.34. The van der Waals surface area contributed by atoms with Crippen molar-refractivity contribution in [2.24, 2.45) is 0 Å². The molecule has 1 unspecified atom stereocenters. The number of imide groups is 1. The summed E-state index contributed by atoms with van der Waals surface area (Å²) in [5.41, 5.74) is 1.68. The molecular formula is C23H23ClN2O4. The van der Waals surface area contributed by atoms with Gasteiger partial charge in [-0.2, -0.15) is 0 Å². The third kappa shape index (κ3) is 4.11. The first-order chi connectivity index (χ1) is 14.6. The normalized spacial score (nSPS) is 18.0. The second-order valence-corrected chi connectivity index (χ2v) is 7.92. The molecular weight excluding hydrogens is 404 g/mol. The van der Waals surface area contributed by atoms with Crippen molar-refractivity contribution in [3.8, 4) is 0 Å². The number of carbonyl (C=O) groups excluding carboxylic acids is 3. The number of carbonyl (C=O) groups is 3. The van der Waals surface area contributed by atoms with Crippen LogP contribution in [0.4, 0.5) is 5.69 Å². The second kappa shape index (κ2) is 8.98. The Morgan fingerprint density at radius 1 is 1.03 bits per heavy atom. The number of hydrogen-bond donors (Lipinski definition) is 0. The number of halogens is 1. The SMILES string of the molecule is O=C1c2ccccc2C(=O)N1CCCCN(C(=O)C1CCCO1)c1ccc(Cl)cc1. The molecule has 1 saturated heterocycles. The van der Waals surface area contributed by atoms with Gasteiger partial charge >= 0.3 is 0 Å². The van der Waals surface area contributed by atoms with Crippen LogP contribution in [0.2, 0.25) is 5.02 Å². The molecule has 7 heteroatoms. The molecule has 156 valence electrons.